The van der Waals surface area contributed by atoms with E-state index in [1.807, 2.05) is 24.3 Å². The minimum absolute atomic E-state index is 0.358. The zero-order valence-electron chi connectivity index (χ0n) is 14.2. The largest absolute Gasteiger partial charge is 0.460 e. The van der Waals surface area contributed by atoms with Gasteiger partial charge in [0.05, 0.1) is 6.54 Å². The number of aryl methyl sites for hydroxylation is 1. The summed E-state index contributed by atoms with van der Waals surface area (Å²) in [4.78, 5) is 7.13. The van der Waals surface area contributed by atoms with Crippen LogP contribution in [0.1, 0.15) is 29.6 Å². The molecule has 0 unspecified atom stereocenters. The number of likely N-dealkylation sites (tertiary alicyclic amines) is 1. The van der Waals surface area contributed by atoms with Crippen LogP contribution in [0.15, 0.2) is 57.4 Å². The number of furan rings is 1. The Morgan fingerprint density at radius 2 is 2.00 bits per heavy atom. The van der Waals surface area contributed by atoms with E-state index in [2.05, 4.69) is 36.1 Å². The number of fused-ring (bicyclic) bond motifs is 2. The number of rotatable bonds is 3. The van der Waals surface area contributed by atoms with Gasteiger partial charge in [-0.2, -0.15) is 0 Å². The Hall–Kier alpha value is -2.59. The van der Waals surface area contributed by atoms with Crippen LogP contribution in [-0.2, 0) is 6.54 Å². The van der Waals surface area contributed by atoms with Gasteiger partial charge >= 0.3 is 0 Å². The van der Waals surface area contributed by atoms with Crippen molar-refractivity contribution in [2.45, 2.75) is 25.8 Å². The van der Waals surface area contributed by atoms with Crippen LogP contribution in [0.4, 0.5) is 0 Å². The third kappa shape index (κ3) is 2.72. The summed E-state index contributed by atoms with van der Waals surface area (Å²) in [5.41, 5.74) is 4.02. The lowest BCUT2D eigenvalue weighted by molar-refractivity contribution is 0.294. The van der Waals surface area contributed by atoms with E-state index in [1.54, 1.807) is 0 Å². The molecule has 3 heterocycles. The molecule has 1 aliphatic rings. The summed E-state index contributed by atoms with van der Waals surface area (Å²) in [6.45, 7) is 4.92. The number of hydrogen-bond acceptors (Lipinski definition) is 4. The summed E-state index contributed by atoms with van der Waals surface area (Å²) < 4.78 is 11.9. The molecule has 1 aliphatic heterocycles. The van der Waals surface area contributed by atoms with E-state index in [-0.39, 0.29) is 0 Å². The van der Waals surface area contributed by atoms with E-state index in [0.717, 1.165) is 54.4 Å². The van der Waals surface area contributed by atoms with Crippen LogP contribution in [0, 0.1) is 6.92 Å². The maximum absolute atomic E-state index is 5.99. The van der Waals surface area contributed by atoms with E-state index in [4.69, 9.17) is 13.8 Å². The van der Waals surface area contributed by atoms with E-state index in [1.165, 1.54) is 10.9 Å². The molecule has 5 rings (SSSR count). The third-order valence-corrected chi connectivity index (χ3v) is 5.04. The number of aromatic nitrogens is 1. The van der Waals surface area contributed by atoms with Gasteiger partial charge in [0.2, 0.25) is 0 Å². The molecule has 0 saturated carbocycles. The van der Waals surface area contributed by atoms with E-state index < -0.39 is 0 Å². The van der Waals surface area contributed by atoms with Crippen LogP contribution in [0.25, 0.3) is 22.1 Å². The summed E-state index contributed by atoms with van der Waals surface area (Å²) in [7, 11) is 0. The van der Waals surface area contributed by atoms with Gasteiger partial charge in [0.25, 0.3) is 0 Å². The molecule has 1 fully saturated rings. The molecular formula is C21H20N2O2. The molecule has 4 heteroatoms. The van der Waals surface area contributed by atoms with Crippen molar-refractivity contribution >= 4 is 22.1 Å². The first kappa shape index (κ1) is 14.7. The fourth-order valence-corrected chi connectivity index (χ4v) is 3.74. The summed E-state index contributed by atoms with van der Waals surface area (Å²) >= 11 is 0. The highest BCUT2D eigenvalue weighted by Crippen LogP contribution is 2.31. The Balaban J connectivity index is 1.33. The first-order valence-electron chi connectivity index (χ1n) is 8.81. The first-order chi connectivity index (χ1) is 12.2. The van der Waals surface area contributed by atoms with Crippen molar-refractivity contribution in [2.24, 2.45) is 0 Å². The highest BCUT2D eigenvalue weighted by Gasteiger charge is 2.28. The van der Waals surface area contributed by atoms with Gasteiger partial charge in [0.1, 0.15) is 16.9 Å². The minimum atomic E-state index is 0.358. The molecule has 4 nitrogen and oxygen atoms in total. The Kier molecular flexibility index (Phi) is 3.38. The average Bonchev–Trinajstić information content (AvgIpc) is 3.31. The molecule has 0 N–H and O–H groups in total. The van der Waals surface area contributed by atoms with Crippen LogP contribution in [0.2, 0.25) is 0 Å². The second-order valence-corrected chi connectivity index (χ2v) is 6.99. The summed E-state index contributed by atoms with van der Waals surface area (Å²) in [6.07, 6.45) is 1.08. The van der Waals surface area contributed by atoms with Gasteiger partial charge in [-0.05, 0) is 49.7 Å². The second-order valence-electron chi connectivity index (χ2n) is 6.99. The van der Waals surface area contributed by atoms with Crippen LogP contribution < -0.4 is 0 Å². The summed E-state index contributed by atoms with van der Waals surface area (Å²) in [6, 6.07) is 16.5. The Morgan fingerprint density at radius 1 is 1.08 bits per heavy atom. The Bertz CT molecular complexity index is 1010. The zero-order valence-corrected chi connectivity index (χ0v) is 14.2. The van der Waals surface area contributed by atoms with Crippen molar-refractivity contribution in [3.8, 4) is 0 Å². The molecule has 0 bridgehead atoms. The predicted molar refractivity (Wildman–Crippen MR) is 97.6 cm³/mol. The molecule has 1 atom stereocenters. The maximum atomic E-state index is 5.99. The number of oxazole rings is 1. The molecule has 0 aliphatic carbocycles. The maximum Gasteiger partial charge on any atom is 0.199 e. The third-order valence-electron chi connectivity index (χ3n) is 5.04. The zero-order chi connectivity index (χ0) is 16.8. The summed E-state index contributed by atoms with van der Waals surface area (Å²) in [5.74, 6) is 2.25. The van der Waals surface area contributed by atoms with Gasteiger partial charge in [0, 0.05) is 17.8 Å². The Labute approximate surface area is 146 Å². The number of benzene rings is 2. The fourth-order valence-electron chi connectivity index (χ4n) is 3.74. The standard InChI is InChI=1S/C21H20N2O2/c1-14-6-7-20-18(10-14)22-21(25-20)16-8-9-23(12-16)13-17-11-15-4-2-3-5-19(15)24-17/h2-7,10-11,16H,8-9,12-13H2,1H3/t16-/m1/s1. The van der Waals surface area contributed by atoms with Crippen molar-refractivity contribution in [1.82, 2.24) is 9.88 Å². The lowest BCUT2D eigenvalue weighted by Crippen LogP contribution is -2.19. The molecule has 0 radical (unpaired) electrons. The van der Waals surface area contributed by atoms with Crippen LogP contribution in [0.5, 0.6) is 0 Å². The molecule has 1 saturated heterocycles. The summed E-state index contributed by atoms with van der Waals surface area (Å²) in [5, 5.41) is 1.17. The van der Waals surface area contributed by atoms with E-state index in [9.17, 15) is 0 Å². The molecule has 4 aromatic rings. The molecule has 0 amide bonds. The molecule has 2 aromatic carbocycles. The van der Waals surface area contributed by atoms with Gasteiger partial charge in [-0.15, -0.1) is 0 Å². The van der Waals surface area contributed by atoms with Gasteiger partial charge in [-0.1, -0.05) is 24.3 Å². The SMILES string of the molecule is Cc1ccc2oc([C@@H]3CCN(Cc4cc5ccccc5o4)C3)nc2c1. The monoisotopic (exact) mass is 332 g/mol. The van der Waals surface area contributed by atoms with Crippen LogP contribution in [0.3, 0.4) is 0 Å². The molecule has 0 spiro atoms. The van der Waals surface area contributed by atoms with E-state index in [0.29, 0.717) is 5.92 Å². The van der Waals surface area contributed by atoms with Crippen molar-refractivity contribution in [3.05, 3.63) is 65.7 Å². The van der Waals surface area contributed by atoms with Gasteiger partial charge in [-0.3, -0.25) is 4.90 Å². The number of nitrogens with zero attached hydrogens (tertiary/aromatic N) is 2. The number of para-hydroxylation sites is 1. The molecule has 25 heavy (non-hydrogen) atoms. The number of hydrogen-bond donors (Lipinski definition) is 0. The Morgan fingerprint density at radius 3 is 2.92 bits per heavy atom. The van der Waals surface area contributed by atoms with E-state index >= 15 is 0 Å². The quantitative estimate of drug-likeness (QED) is 0.537. The lowest BCUT2D eigenvalue weighted by atomic mass is 10.1. The van der Waals surface area contributed by atoms with Gasteiger partial charge in [0.15, 0.2) is 11.5 Å². The first-order valence-corrected chi connectivity index (χ1v) is 8.81. The minimum Gasteiger partial charge on any atom is -0.460 e. The average molecular weight is 332 g/mol. The van der Waals surface area contributed by atoms with Gasteiger partial charge < -0.3 is 8.83 Å². The lowest BCUT2D eigenvalue weighted by Gasteiger charge is -2.12. The molecule has 2 aromatic heterocycles. The highest BCUT2D eigenvalue weighted by atomic mass is 16.3. The van der Waals surface area contributed by atoms with Crippen LogP contribution >= 0.6 is 0 Å². The van der Waals surface area contributed by atoms with Crippen molar-refractivity contribution in [2.75, 3.05) is 13.1 Å². The molecule has 126 valence electrons. The highest BCUT2D eigenvalue weighted by molar-refractivity contribution is 5.77. The van der Waals surface area contributed by atoms with Gasteiger partial charge in [-0.25, -0.2) is 4.98 Å². The normalized spacial score (nSPS) is 18.5. The molecular weight excluding hydrogens is 312 g/mol. The fraction of sp³-hybridized carbons (Fsp3) is 0.286. The van der Waals surface area contributed by atoms with Crippen molar-refractivity contribution < 1.29 is 8.83 Å². The van der Waals surface area contributed by atoms with Crippen molar-refractivity contribution in [3.63, 3.8) is 0 Å². The smallest absolute Gasteiger partial charge is 0.199 e. The second kappa shape index (κ2) is 5.74. The topological polar surface area (TPSA) is 42.4 Å². The van der Waals surface area contributed by atoms with Crippen molar-refractivity contribution in [1.29, 1.82) is 0 Å². The van der Waals surface area contributed by atoms with Crippen LogP contribution in [-0.4, -0.2) is 23.0 Å². The predicted octanol–water partition coefficient (Wildman–Crippen LogP) is 4.87.